The monoisotopic (exact) mass is 723 g/mol. The Bertz CT molecular complexity index is 2250. The van der Waals surface area contributed by atoms with Crippen LogP contribution in [0.3, 0.4) is 0 Å². The average Bonchev–Trinajstić information content (AvgIpc) is 3.19. The van der Waals surface area contributed by atoms with Gasteiger partial charge in [0.2, 0.25) is 11.7 Å². The van der Waals surface area contributed by atoms with Crippen molar-refractivity contribution in [3.8, 4) is 17.2 Å². The molecule has 266 valence electrons. The second-order valence-corrected chi connectivity index (χ2v) is 13.0. The predicted molar refractivity (Wildman–Crippen MR) is 211 cm³/mol. The maximum absolute atomic E-state index is 13.9. The highest BCUT2D eigenvalue weighted by atomic mass is 32.2. The van der Waals surface area contributed by atoms with Crippen molar-refractivity contribution < 1.29 is 28.6 Å². The molecule has 9 nitrogen and oxygen atoms in total. The van der Waals surface area contributed by atoms with Crippen LogP contribution in [0.2, 0.25) is 0 Å². The minimum Gasteiger partial charge on any atom is -0.493 e. The third-order valence-corrected chi connectivity index (χ3v) is 9.48. The van der Waals surface area contributed by atoms with Crippen LogP contribution in [0.15, 0.2) is 150 Å². The van der Waals surface area contributed by atoms with Crippen LogP contribution in [0.1, 0.15) is 26.7 Å². The van der Waals surface area contributed by atoms with E-state index in [0.29, 0.717) is 39.8 Å². The molecule has 3 amide bonds. The Morgan fingerprint density at radius 2 is 1.26 bits per heavy atom. The Kier molecular flexibility index (Phi) is 11.7. The molecule has 0 spiro atoms. The van der Waals surface area contributed by atoms with E-state index >= 15 is 0 Å². The number of hydrogen-bond donors (Lipinski definition) is 3. The van der Waals surface area contributed by atoms with Crippen molar-refractivity contribution in [2.45, 2.75) is 10.1 Å². The number of rotatable bonds is 13. The van der Waals surface area contributed by atoms with Gasteiger partial charge in [-0.15, -0.1) is 11.8 Å². The summed E-state index contributed by atoms with van der Waals surface area (Å²) in [5.41, 5.74) is 2.85. The zero-order chi connectivity index (χ0) is 37.2. The number of anilines is 2. The first kappa shape index (κ1) is 36.3. The van der Waals surface area contributed by atoms with Crippen molar-refractivity contribution in [3.05, 3.63) is 162 Å². The first-order chi connectivity index (χ1) is 25.8. The number of methoxy groups -OCH3 is 3. The predicted octanol–water partition coefficient (Wildman–Crippen LogP) is 8.75. The van der Waals surface area contributed by atoms with E-state index in [4.69, 9.17) is 14.2 Å². The largest absolute Gasteiger partial charge is 0.493 e. The SMILES string of the molecule is COc1cc(/C=C(/NC(=O)c2ccccc2)C(=O)Nc2cccc(SC(C(=O)Nc3ccc4ccccc4c3)c3ccccc3)c2)cc(OC)c1OC. The Morgan fingerprint density at radius 1 is 0.623 bits per heavy atom. The van der Waals surface area contributed by atoms with Gasteiger partial charge in [-0.25, -0.2) is 0 Å². The molecule has 0 saturated carbocycles. The molecule has 0 radical (unpaired) electrons. The molecule has 6 aromatic rings. The molecule has 53 heavy (non-hydrogen) atoms. The number of fused-ring (bicyclic) bond motifs is 1. The molecule has 10 heteroatoms. The standard InChI is InChI=1S/C43H37N3O6S/c1-50-37-24-28(25-38(51-2)39(37)52-3)23-36(46-41(47)31-16-8-5-9-17-31)42(48)44-33-19-12-20-35(27-33)53-40(30-14-6-4-7-15-30)43(49)45-34-22-21-29-13-10-11-18-32(29)26-34/h4-27,40H,1-3H3,(H,44,48)(H,45,49)(H,46,47)/b36-23+. The molecule has 6 aromatic carbocycles. The first-order valence-corrected chi connectivity index (χ1v) is 17.5. The van der Waals surface area contributed by atoms with Crippen LogP contribution < -0.4 is 30.2 Å². The zero-order valence-corrected chi connectivity index (χ0v) is 30.1. The lowest BCUT2D eigenvalue weighted by atomic mass is 10.1. The summed E-state index contributed by atoms with van der Waals surface area (Å²) in [5, 5.41) is 10.3. The summed E-state index contributed by atoms with van der Waals surface area (Å²) >= 11 is 1.36. The third kappa shape index (κ3) is 9.05. The van der Waals surface area contributed by atoms with E-state index in [-0.39, 0.29) is 11.6 Å². The molecule has 0 aliphatic heterocycles. The van der Waals surface area contributed by atoms with E-state index in [1.54, 1.807) is 60.7 Å². The zero-order valence-electron chi connectivity index (χ0n) is 29.3. The maximum Gasteiger partial charge on any atom is 0.272 e. The number of carbonyl (C=O) groups is 3. The van der Waals surface area contributed by atoms with Gasteiger partial charge in [-0.2, -0.15) is 0 Å². The fraction of sp³-hybridized carbons (Fsp3) is 0.0930. The first-order valence-electron chi connectivity index (χ1n) is 16.7. The molecule has 3 N–H and O–H groups in total. The van der Waals surface area contributed by atoms with Gasteiger partial charge < -0.3 is 30.2 Å². The molecule has 0 aliphatic carbocycles. The molecular formula is C43H37N3O6S. The highest BCUT2D eigenvalue weighted by Gasteiger charge is 2.23. The summed E-state index contributed by atoms with van der Waals surface area (Å²) in [6, 6.07) is 42.5. The molecule has 0 bridgehead atoms. The van der Waals surface area contributed by atoms with Gasteiger partial charge >= 0.3 is 0 Å². The third-order valence-electron chi connectivity index (χ3n) is 8.23. The van der Waals surface area contributed by atoms with Crippen LogP contribution in [0.25, 0.3) is 16.8 Å². The molecule has 0 heterocycles. The second kappa shape index (κ2) is 17.1. The number of amides is 3. The van der Waals surface area contributed by atoms with Crippen molar-refractivity contribution in [1.82, 2.24) is 5.32 Å². The van der Waals surface area contributed by atoms with E-state index in [1.807, 2.05) is 78.9 Å². The molecule has 6 rings (SSSR count). The summed E-state index contributed by atoms with van der Waals surface area (Å²) < 4.78 is 16.4. The van der Waals surface area contributed by atoms with Crippen molar-refractivity contribution in [1.29, 1.82) is 0 Å². The van der Waals surface area contributed by atoms with Crippen LogP contribution in [0, 0.1) is 0 Å². The van der Waals surface area contributed by atoms with E-state index in [0.717, 1.165) is 21.2 Å². The Morgan fingerprint density at radius 3 is 1.94 bits per heavy atom. The highest BCUT2D eigenvalue weighted by Crippen LogP contribution is 2.39. The molecule has 0 saturated heterocycles. The van der Waals surface area contributed by atoms with Gasteiger partial charge in [0.25, 0.3) is 11.8 Å². The van der Waals surface area contributed by atoms with E-state index < -0.39 is 17.1 Å². The molecule has 1 unspecified atom stereocenters. The number of nitrogens with one attached hydrogen (secondary N) is 3. The van der Waals surface area contributed by atoms with Crippen LogP contribution in [-0.4, -0.2) is 39.1 Å². The van der Waals surface area contributed by atoms with Gasteiger partial charge in [-0.3, -0.25) is 14.4 Å². The Labute approximate surface area is 312 Å². The minimum absolute atomic E-state index is 0.0249. The van der Waals surface area contributed by atoms with Crippen LogP contribution in [0.4, 0.5) is 11.4 Å². The van der Waals surface area contributed by atoms with Gasteiger partial charge in [0.1, 0.15) is 10.9 Å². The van der Waals surface area contributed by atoms with Gasteiger partial charge in [0.15, 0.2) is 11.5 Å². The van der Waals surface area contributed by atoms with Crippen molar-refractivity contribution in [2.24, 2.45) is 0 Å². The Balaban J connectivity index is 1.27. The van der Waals surface area contributed by atoms with Gasteiger partial charge in [0.05, 0.1) is 21.3 Å². The summed E-state index contributed by atoms with van der Waals surface area (Å²) in [5.74, 6) is -0.0689. The number of benzene rings is 6. The lowest BCUT2D eigenvalue weighted by molar-refractivity contribution is -0.116. The number of thioether (sulfide) groups is 1. The van der Waals surface area contributed by atoms with Crippen LogP contribution >= 0.6 is 11.8 Å². The molecule has 0 fully saturated rings. The van der Waals surface area contributed by atoms with Crippen molar-refractivity contribution >= 4 is 57.7 Å². The van der Waals surface area contributed by atoms with Crippen LogP contribution in [-0.2, 0) is 9.59 Å². The summed E-state index contributed by atoms with van der Waals surface area (Å²) in [6.07, 6.45) is 1.53. The van der Waals surface area contributed by atoms with Crippen LogP contribution in [0.5, 0.6) is 17.2 Å². The van der Waals surface area contributed by atoms with E-state index in [1.165, 1.54) is 39.2 Å². The molecule has 0 aliphatic rings. The lowest BCUT2D eigenvalue weighted by Crippen LogP contribution is -2.30. The molecular weight excluding hydrogens is 687 g/mol. The lowest BCUT2D eigenvalue weighted by Gasteiger charge is -2.18. The van der Waals surface area contributed by atoms with Gasteiger partial charge in [-0.1, -0.05) is 84.9 Å². The number of ether oxygens (including phenoxy) is 3. The highest BCUT2D eigenvalue weighted by molar-refractivity contribution is 8.00. The minimum atomic E-state index is -0.603. The Hall–Kier alpha value is -6.52. The van der Waals surface area contributed by atoms with E-state index in [2.05, 4.69) is 16.0 Å². The fourth-order valence-electron chi connectivity index (χ4n) is 5.65. The quantitative estimate of drug-likeness (QED) is 0.0807. The summed E-state index contributed by atoms with van der Waals surface area (Å²) in [4.78, 5) is 41.8. The topological polar surface area (TPSA) is 115 Å². The maximum atomic E-state index is 13.9. The summed E-state index contributed by atoms with van der Waals surface area (Å²) in [6.45, 7) is 0. The average molecular weight is 724 g/mol. The number of carbonyl (C=O) groups excluding carboxylic acids is 3. The fourth-order valence-corrected chi connectivity index (χ4v) is 6.73. The number of hydrogen-bond acceptors (Lipinski definition) is 7. The second-order valence-electron chi connectivity index (χ2n) is 11.8. The van der Waals surface area contributed by atoms with E-state index in [9.17, 15) is 14.4 Å². The normalized spacial score (nSPS) is 11.6. The van der Waals surface area contributed by atoms with Crippen molar-refractivity contribution in [2.75, 3.05) is 32.0 Å². The summed E-state index contributed by atoms with van der Waals surface area (Å²) in [7, 11) is 4.49. The van der Waals surface area contributed by atoms with Gasteiger partial charge in [-0.05, 0) is 82.6 Å². The molecule has 1 atom stereocenters. The molecule has 0 aromatic heterocycles. The smallest absolute Gasteiger partial charge is 0.272 e. The van der Waals surface area contributed by atoms with Crippen molar-refractivity contribution in [3.63, 3.8) is 0 Å². The van der Waals surface area contributed by atoms with Gasteiger partial charge in [0, 0.05) is 21.8 Å².